The van der Waals surface area contributed by atoms with Crippen LogP contribution in [0.5, 0.6) is 5.75 Å². The van der Waals surface area contributed by atoms with Crippen molar-refractivity contribution in [2.45, 2.75) is 0 Å². The Morgan fingerprint density at radius 2 is 1.86 bits per heavy atom. The van der Waals surface area contributed by atoms with E-state index < -0.39 is 11.6 Å². The summed E-state index contributed by atoms with van der Waals surface area (Å²) in [6, 6.07) is 7.02. The normalized spacial score (nSPS) is 10.6. The predicted molar refractivity (Wildman–Crippen MR) is 77.7 cm³/mol. The van der Waals surface area contributed by atoms with Crippen LogP contribution in [-0.2, 0) is 0 Å². The van der Waals surface area contributed by atoms with Crippen LogP contribution in [0.15, 0.2) is 42.7 Å². The summed E-state index contributed by atoms with van der Waals surface area (Å²) in [7, 11) is 0. The van der Waals surface area contributed by atoms with Crippen LogP contribution < -0.4 is 10.1 Å². The summed E-state index contributed by atoms with van der Waals surface area (Å²) in [6.45, 7) is 0.739. The van der Waals surface area contributed by atoms with Gasteiger partial charge in [0.2, 0.25) is 0 Å². The number of halogens is 2. The average Bonchev–Trinajstić information content (AvgIpc) is 2.54. The van der Waals surface area contributed by atoms with Gasteiger partial charge in [-0.2, -0.15) is 0 Å². The van der Waals surface area contributed by atoms with E-state index in [9.17, 15) is 8.78 Å². The molecular formula is C15H12F2N4O. The molecule has 1 aromatic carbocycles. The third-order valence-corrected chi connectivity index (χ3v) is 2.90. The Morgan fingerprint density at radius 3 is 2.73 bits per heavy atom. The molecule has 3 aromatic rings. The lowest BCUT2D eigenvalue weighted by atomic mass is 10.3. The number of rotatable bonds is 5. The Labute approximate surface area is 125 Å². The van der Waals surface area contributed by atoms with Gasteiger partial charge in [-0.3, -0.25) is 4.98 Å². The van der Waals surface area contributed by atoms with Gasteiger partial charge >= 0.3 is 0 Å². The SMILES string of the molecule is Fc1ccc(OCCNc2ccc3nccnc3n2)cc1F. The summed E-state index contributed by atoms with van der Waals surface area (Å²) in [5.74, 6) is -0.910. The number of anilines is 1. The molecule has 2 heterocycles. The molecule has 3 rings (SSSR count). The van der Waals surface area contributed by atoms with E-state index in [0.29, 0.717) is 23.5 Å². The number of benzene rings is 1. The van der Waals surface area contributed by atoms with Gasteiger partial charge in [0.15, 0.2) is 17.3 Å². The lowest BCUT2D eigenvalue weighted by molar-refractivity contribution is 0.329. The maximum absolute atomic E-state index is 13.0. The Bertz CT molecular complexity index is 797. The molecule has 112 valence electrons. The number of pyridine rings is 1. The second-order valence-electron chi connectivity index (χ2n) is 4.45. The molecule has 22 heavy (non-hydrogen) atoms. The fourth-order valence-corrected chi connectivity index (χ4v) is 1.87. The Hall–Kier alpha value is -2.83. The molecule has 0 aliphatic carbocycles. The molecular weight excluding hydrogens is 290 g/mol. The van der Waals surface area contributed by atoms with Crippen LogP contribution in [0, 0.1) is 11.6 Å². The smallest absolute Gasteiger partial charge is 0.180 e. The van der Waals surface area contributed by atoms with E-state index >= 15 is 0 Å². The number of ether oxygens (including phenoxy) is 1. The lowest BCUT2D eigenvalue weighted by Gasteiger charge is -2.08. The van der Waals surface area contributed by atoms with Crippen LogP contribution in [0.1, 0.15) is 0 Å². The van der Waals surface area contributed by atoms with Gasteiger partial charge < -0.3 is 10.1 Å². The zero-order chi connectivity index (χ0) is 15.4. The topological polar surface area (TPSA) is 59.9 Å². The van der Waals surface area contributed by atoms with Gasteiger partial charge in [-0.15, -0.1) is 0 Å². The number of nitrogens with one attached hydrogen (secondary N) is 1. The molecule has 0 bridgehead atoms. The summed E-state index contributed by atoms with van der Waals surface area (Å²) in [5.41, 5.74) is 1.26. The minimum Gasteiger partial charge on any atom is -0.492 e. The van der Waals surface area contributed by atoms with Crippen molar-refractivity contribution in [3.05, 3.63) is 54.4 Å². The molecule has 2 aromatic heterocycles. The van der Waals surface area contributed by atoms with Gasteiger partial charge in [-0.05, 0) is 24.3 Å². The highest BCUT2D eigenvalue weighted by molar-refractivity contribution is 5.71. The standard InChI is InChI=1S/C15H12F2N4O/c16-11-2-1-10(9-12(11)17)22-8-7-19-14-4-3-13-15(21-14)20-6-5-18-13/h1-6,9H,7-8H2,(H,19,20,21). The van der Waals surface area contributed by atoms with E-state index in [0.717, 1.165) is 12.1 Å². The predicted octanol–water partition coefficient (Wildman–Crippen LogP) is 2.79. The van der Waals surface area contributed by atoms with Gasteiger partial charge in [0.1, 0.15) is 23.7 Å². The Kier molecular flexibility index (Phi) is 4.04. The highest BCUT2D eigenvalue weighted by atomic mass is 19.2. The van der Waals surface area contributed by atoms with E-state index in [-0.39, 0.29) is 12.4 Å². The molecule has 7 heteroatoms. The van der Waals surface area contributed by atoms with Crippen molar-refractivity contribution in [3.63, 3.8) is 0 Å². The van der Waals surface area contributed by atoms with Gasteiger partial charge in [-0.25, -0.2) is 18.7 Å². The second-order valence-corrected chi connectivity index (χ2v) is 4.45. The molecule has 0 saturated heterocycles. The number of hydrogen-bond acceptors (Lipinski definition) is 5. The summed E-state index contributed by atoms with van der Waals surface area (Å²) in [5, 5.41) is 3.06. The molecule has 0 radical (unpaired) electrons. The van der Waals surface area contributed by atoms with Crippen LogP contribution in [0.4, 0.5) is 14.6 Å². The highest BCUT2D eigenvalue weighted by Crippen LogP contribution is 2.15. The number of hydrogen-bond donors (Lipinski definition) is 1. The third kappa shape index (κ3) is 3.25. The van der Waals surface area contributed by atoms with Crippen LogP contribution in [0.25, 0.3) is 11.2 Å². The van der Waals surface area contributed by atoms with E-state index in [1.807, 2.05) is 6.07 Å². The van der Waals surface area contributed by atoms with Gasteiger partial charge in [0.25, 0.3) is 0 Å². The Balaban J connectivity index is 1.54. The van der Waals surface area contributed by atoms with Crippen molar-refractivity contribution < 1.29 is 13.5 Å². The minimum atomic E-state index is -0.930. The van der Waals surface area contributed by atoms with Gasteiger partial charge in [-0.1, -0.05) is 0 Å². The zero-order valence-corrected chi connectivity index (χ0v) is 11.5. The van der Waals surface area contributed by atoms with Crippen molar-refractivity contribution in [1.82, 2.24) is 15.0 Å². The van der Waals surface area contributed by atoms with Gasteiger partial charge in [0.05, 0.1) is 6.54 Å². The third-order valence-electron chi connectivity index (χ3n) is 2.90. The second kappa shape index (κ2) is 6.30. The van der Waals surface area contributed by atoms with Crippen LogP contribution in [0.3, 0.4) is 0 Å². The summed E-state index contributed by atoms with van der Waals surface area (Å²) in [4.78, 5) is 12.5. The molecule has 1 N–H and O–H groups in total. The van der Waals surface area contributed by atoms with Crippen molar-refractivity contribution in [3.8, 4) is 5.75 Å². The first kappa shape index (κ1) is 14.1. The van der Waals surface area contributed by atoms with Crippen molar-refractivity contribution in [1.29, 1.82) is 0 Å². The summed E-state index contributed by atoms with van der Waals surface area (Å²) < 4.78 is 31.1. The monoisotopic (exact) mass is 302 g/mol. The largest absolute Gasteiger partial charge is 0.492 e. The Morgan fingerprint density at radius 1 is 1.00 bits per heavy atom. The van der Waals surface area contributed by atoms with Crippen molar-refractivity contribution in [2.24, 2.45) is 0 Å². The fraction of sp³-hybridized carbons (Fsp3) is 0.133. The fourth-order valence-electron chi connectivity index (χ4n) is 1.87. The number of aromatic nitrogens is 3. The first-order valence-electron chi connectivity index (χ1n) is 6.62. The van der Waals surface area contributed by atoms with Crippen LogP contribution in [-0.4, -0.2) is 28.1 Å². The zero-order valence-electron chi connectivity index (χ0n) is 11.5. The first-order valence-corrected chi connectivity index (χ1v) is 6.62. The quantitative estimate of drug-likeness (QED) is 0.734. The average molecular weight is 302 g/mol. The van der Waals surface area contributed by atoms with E-state index in [4.69, 9.17) is 4.74 Å². The maximum atomic E-state index is 13.0. The van der Waals surface area contributed by atoms with E-state index in [1.165, 1.54) is 6.07 Å². The van der Waals surface area contributed by atoms with Crippen molar-refractivity contribution >= 4 is 17.0 Å². The van der Waals surface area contributed by atoms with E-state index in [2.05, 4.69) is 20.3 Å². The molecule has 0 aliphatic heterocycles. The van der Waals surface area contributed by atoms with Crippen LogP contribution in [0.2, 0.25) is 0 Å². The number of fused-ring (bicyclic) bond motifs is 1. The maximum Gasteiger partial charge on any atom is 0.180 e. The van der Waals surface area contributed by atoms with Crippen molar-refractivity contribution in [2.75, 3.05) is 18.5 Å². The van der Waals surface area contributed by atoms with Crippen LogP contribution >= 0.6 is 0 Å². The molecule has 0 spiro atoms. The molecule has 0 unspecified atom stereocenters. The summed E-state index contributed by atoms with van der Waals surface area (Å²) >= 11 is 0. The molecule has 0 saturated carbocycles. The lowest BCUT2D eigenvalue weighted by Crippen LogP contribution is -2.12. The molecule has 0 amide bonds. The molecule has 0 fully saturated rings. The van der Waals surface area contributed by atoms with Gasteiger partial charge in [0, 0.05) is 18.5 Å². The first-order chi connectivity index (χ1) is 10.7. The summed E-state index contributed by atoms with van der Waals surface area (Å²) in [6.07, 6.45) is 3.18. The van der Waals surface area contributed by atoms with E-state index in [1.54, 1.807) is 18.5 Å². The number of nitrogens with zero attached hydrogens (tertiary/aromatic N) is 3. The molecule has 0 aliphatic rings. The minimum absolute atomic E-state index is 0.276. The molecule has 0 atom stereocenters. The molecule has 5 nitrogen and oxygen atoms in total. The highest BCUT2D eigenvalue weighted by Gasteiger charge is 2.03.